The molecule has 0 N–H and O–H groups in total. The number of carbonyl (C=O) groups is 2. The predicted octanol–water partition coefficient (Wildman–Crippen LogP) is 4.47. The summed E-state index contributed by atoms with van der Waals surface area (Å²) < 4.78 is 5.38. The van der Waals surface area contributed by atoms with Crippen LogP contribution in [-0.4, -0.2) is 85.0 Å². The van der Waals surface area contributed by atoms with Crippen LogP contribution in [0.3, 0.4) is 0 Å². The molecule has 0 saturated carbocycles. The van der Waals surface area contributed by atoms with Crippen molar-refractivity contribution in [3.63, 3.8) is 0 Å². The van der Waals surface area contributed by atoms with E-state index in [4.69, 9.17) is 4.74 Å². The van der Waals surface area contributed by atoms with Gasteiger partial charge in [0.15, 0.2) is 0 Å². The van der Waals surface area contributed by atoms with Crippen LogP contribution in [-0.2, 0) is 14.3 Å². The maximum absolute atomic E-state index is 12.8. The number of ether oxygens (including phenoxy) is 1. The molecule has 0 aromatic heterocycles. The Bertz CT molecular complexity index is 563. The Morgan fingerprint density at radius 3 is 1.88 bits per heavy atom. The van der Waals surface area contributed by atoms with Crippen LogP contribution >= 0.6 is 0 Å². The number of unbranched alkanes of at least 4 members (excludes halogenated alkanes) is 8. The van der Waals surface area contributed by atoms with Crippen LogP contribution in [0.2, 0.25) is 0 Å². The minimum Gasteiger partial charge on any atom is -0.378 e. The summed E-state index contributed by atoms with van der Waals surface area (Å²) in [5.41, 5.74) is 0. The van der Waals surface area contributed by atoms with E-state index in [-0.39, 0.29) is 5.92 Å². The molecule has 0 aliphatic carbocycles. The van der Waals surface area contributed by atoms with Crippen LogP contribution < -0.4 is 0 Å². The van der Waals surface area contributed by atoms with Crippen molar-refractivity contribution < 1.29 is 14.3 Å². The zero-order chi connectivity index (χ0) is 23.3. The third-order valence-corrected chi connectivity index (χ3v) is 8.03. The Hall–Kier alpha value is -1.14. The summed E-state index contributed by atoms with van der Waals surface area (Å²) in [6.07, 6.45) is 16.6. The molecule has 3 aliphatic heterocycles. The Balaban J connectivity index is 1.23. The quantitative estimate of drug-likeness (QED) is 0.401. The zero-order valence-electron chi connectivity index (χ0n) is 21.3. The van der Waals surface area contributed by atoms with E-state index in [1.807, 2.05) is 4.90 Å². The Morgan fingerprint density at radius 1 is 0.697 bits per heavy atom. The van der Waals surface area contributed by atoms with E-state index < -0.39 is 0 Å². The second-order valence-corrected chi connectivity index (χ2v) is 10.4. The average Bonchev–Trinajstić information content (AvgIpc) is 2.88. The summed E-state index contributed by atoms with van der Waals surface area (Å²) in [5, 5.41) is 0. The number of hydrogen-bond donors (Lipinski definition) is 0. The lowest BCUT2D eigenvalue weighted by Gasteiger charge is -2.42. The molecule has 0 atom stereocenters. The third-order valence-electron chi connectivity index (χ3n) is 8.03. The molecule has 3 rings (SSSR count). The number of morpholine rings is 1. The standard InChI is InChI=1S/C27H49N3O3/c1-2-3-4-5-6-7-8-9-10-11-26(31)29-18-14-25(15-19-29)28-16-12-24(13-17-28)27(32)30-20-22-33-23-21-30/h24-25H,2-23H2,1H3. The summed E-state index contributed by atoms with van der Waals surface area (Å²) >= 11 is 0. The largest absolute Gasteiger partial charge is 0.378 e. The van der Waals surface area contributed by atoms with E-state index in [0.717, 1.165) is 77.8 Å². The lowest BCUT2D eigenvalue weighted by molar-refractivity contribution is -0.141. The first-order valence-corrected chi connectivity index (χ1v) is 14.1. The monoisotopic (exact) mass is 463 g/mol. The van der Waals surface area contributed by atoms with Crippen LogP contribution in [0.15, 0.2) is 0 Å². The number of hydrogen-bond acceptors (Lipinski definition) is 4. The molecule has 2 amide bonds. The average molecular weight is 464 g/mol. The maximum Gasteiger partial charge on any atom is 0.225 e. The van der Waals surface area contributed by atoms with Crippen molar-refractivity contribution in [3.8, 4) is 0 Å². The zero-order valence-corrected chi connectivity index (χ0v) is 21.3. The second kappa shape index (κ2) is 15.0. The van der Waals surface area contributed by atoms with Gasteiger partial charge in [0.2, 0.25) is 11.8 Å². The molecule has 3 aliphatic rings. The fourth-order valence-corrected chi connectivity index (χ4v) is 5.78. The van der Waals surface area contributed by atoms with Gasteiger partial charge < -0.3 is 19.4 Å². The van der Waals surface area contributed by atoms with Crippen molar-refractivity contribution in [2.24, 2.45) is 5.92 Å². The van der Waals surface area contributed by atoms with E-state index in [2.05, 4.69) is 16.7 Å². The summed E-state index contributed by atoms with van der Waals surface area (Å²) in [7, 11) is 0. The van der Waals surface area contributed by atoms with Gasteiger partial charge in [-0.3, -0.25) is 9.59 Å². The van der Waals surface area contributed by atoms with Crippen LogP contribution in [0.1, 0.15) is 96.8 Å². The number of carbonyl (C=O) groups excluding carboxylic acids is 2. The van der Waals surface area contributed by atoms with E-state index in [1.165, 1.54) is 51.4 Å². The first kappa shape index (κ1) is 26.5. The van der Waals surface area contributed by atoms with Gasteiger partial charge in [0.1, 0.15) is 0 Å². The summed E-state index contributed by atoms with van der Waals surface area (Å²) in [4.78, 5) is 32.1. The molecule has 0 radical (unpaired) electrons. The molecule has 0 bridgehead atoms. The van der Waals surface area contributed by atoms with Gasteiger partial charge in [-0.2, -0.15) is 0 Å². The van der Waals surface area contributed by atoms with Gasteiger partial charge in [-0.1, -0.05) is 58.3 Å². The van der Waals surface area contributed by atoms with Crippen LogP contribution in [0.5, 0.6) is 0 Å². The molecule has 3 heterocycles. The minimum absolute atomic E-state index is 0.192. The third kappa shape index (κ3) is 8.86. The van der Waals surface area contributed by atoms with Crippen molar-refractivity contribution in [1.82, 2.24) is 14.7 Å². The highest BCUT2D eigenvalue weighted by Gasteiger charge is 2.33. The second-order valence-electron chi connectivity index (χ2n) is 10.4. The minimum atomic E-state index is 0.192. The molecule has 3 fully saturated rings. The lowest BCUT2D eigenvalue weighted by Crippen LogP contribution is -2.51. The molecular formula is C27H49N3O3. The molecule has 6 nitrogen and oxygen atoms in total. The molecular weight excluding hydrogens is 414 g/mol. The van der Waals surface area contributed by atoms with Crippen LogP contribution in [0.4, 0.5) is 0 Å². The first-order valence-electron chi connectivity index (χ1n) is 14.1. The molecule has 0 spiro atoms. The number of likely N-dealkylation sites (tertiary alicyclic amines) is 2. The van der Waals surface area contributed by atoms with Crippen molar-refractivity contribution in [1.29, 1.82) is 0 Å². The van der Waals surface area contributed by atoms with E-state index >= 15 is 0 Å². The fourth-order valence-electron chi connectivity index (χ4n) is 5.78. The highest BCUT2D eigenvalue weighted by atomic mass is 16.5. The van der Waals surface area contributed by atoms with Gasteiger partial charge in [-0.05, 0) is 45.2 Å². The highest BCUT2D eigenvalue weighted by molar-refractivity contribution is 5.79. The highest BCUT2D eigenvalue weighted by Crippen LogP contribution is 2.26. The predicted molar refractivity (Wildman–Crippen MR) is 133 cm³/mol. The Kier molecular flexibility index (Phi) is 12.0. The Morgan fingerprint density at radius 2 is 1.27 bits per heavy atom. The molecule has 0 aromatic rings. The normalized spacial score (nSPS) is 21.5. The van der Waals surface area contributed by atoms with Crippen LogP contribution in [0, 0.1) is 5.92 Å². The number of amides is 2. The van der Waals surface area contributed by atoms with Crippen molar-refractivity contribution >= 4 is 11.8 Å². The van der Waals surface area contributed by atoms with E-state index in [0.29, 0.717) is 31.1 Å². The number of piperidine rings is 2. The van der Waals surface area contributed by atoms with E-state index in [9.17, 15) is 9.59 Å². The molecule has 0 unspecified atom stereocenters. The van der Waals surface area contributed by atoms with Gasteiger partial charge in [-0.25, -0.2) is 0 Å². The molecule has 6 heteroatoms. The fraction of sp³-hybridized carbons (Fsp3) is 0.926. The van der Waals surface area contributed by atoms with Crippen LogP contribution in [0.25, 0.3) is 0 Å². The number of rotatable bonds is 12. The molecule has 33 heavy (non-hydrogen) atoms. The van der Waals surface area contributed by atoms with Gasteiger partial charge in [0.05, 0.1) is 13.2 Å². The molecule has 190 valence electrons. The van der Waals surface area contributed by atoms with E-state index in [1.54, 1.807) is 0 Å². The lowest BCUT2D eigenvalue weighted by atomic mass is 9.92. The van der Waals surface area contributed by atoms with Gasteiger partial charge in [0, 0.05) is 44.6 Å². The Labute approximate surface area is 202 Å². The van der Waals surface area contributed by atoms with Crippen molar-refractivity contribution in [3.05, 3.63) is 0 Å². The smallest absolute Gasteiger partial charge is 0.225 e. The summed E-state index contributed by atoms with van der Waals surface area (Å²) in [6.45, 7) is 9.01. The van der Waals surface area contributed by atoms with Gasteiger partial charge >= 0.3 is 0 Å². The molecule has 0 aromatic carbocycles. The maximum atomic E-state index is 12.8. The van der Waals surface area contributed by atoms with Crippen molar-refractivity contribution in [2.45, 2.75) is 103 Å². The summed E-state index contributed by atoms with van der Waals surface area (Å²) in [6, 6.07) is 0.584. The molecule has 3 saturated heterocycles. The number of nitrogens with zero attached hydrogens (tertiary/aromatic N) is 3. The topological polar surface area (TPSA) is 53.1 Å². The van der Waals surface area contributed by atoms with Crippen molar-refractivity contribution in [2.75, 3.05) is 52.5 Å². The summed E-state index contributed by atoms with van der Waals surface area (Å²) in [5.74, 6) is 0.901. The SMILES string of the molecule is CCCCCCCCCCCC(=O)N1CCC(N2CCC(C(=O)N3CCOCC3)CC2)CC1. The van der Waals surface area contributed by atoms with Gasteiger partial charge in [-0.15, -0.1) is 0 Å². The van der Waals surface area contributed by atoms with Gasteiger partial charge in [0.25, 0.3) is 0 Å². The first-order chi connectivity index (χ1) is 16.2.